The molecule has 0 bridgehead atoms. The zero-order valence-electron chi connectivity index (χ0n) is 16.7. The van der Waals surface area contributed by atoms with Crippen molar-refractivity contribution in [1.82, 2.24) is 14.9 Å². The van der Waals surface area contributed by atoms with E-state index in [1.54, 1.807) is 0 Å². The number of halogens is 1. The number of imidazole rings is 1. The van der Waals surface area contributed by atoms with Crippen LogP contribution in [0.25, 0.3) is 11.0 Å². The Bertz CT molecular complexity index is 1010. The lowest BCUT2D eigenvalue weighted by Crippen LogP contribution is -2.26. The summed E-state index contributed by atoms with van der Waals surface area (Å²) in [6.07, 6.45) is 3.92. The minimum Gasteiger partial charge on any atom is -0.494 e. The van der Waals surface area contributed by atoms with Gasteiger partial charge in [-0.3, -0.25) is 4.79 Å². The number of fused-ring (bicyclic) bond motifs is 1. The summed E-state index contributed by atoms with van der Waals surface area (Å²) in [7, 11) is 0. The maximum Gasteiger partial charge on any atom is 0.223 e. The van der Waals surface area contributed by atoms with Gasteiger partial charge in [0.25, 0.3) is 0 Å². The fourth-order valence-corrected chi connectivity index (χ4v) is 3.55. The Labute approximate surface area is 176 Å². The molecule has 0 aliphatic heterocycles. The molecule has 0 saturated heterocycles. The summed E-state index contributed by atoms with van der Waals surface area (Å²) in [6, 6.07) is 13.9. The molecule has 6 heteroatoms. The number of carbonyl (C=O) groups is 1. The predicted octanol–water partition coefficient (Wildman–Crippen LogP) is 4.88. The number of carbonyl (C=O) groups excluding carboxylic acids is 1. The molecule has 1 heterocycles. The van der Waals surface area contributed by atoms with Gasteiger partial charge >= 0.3 is 0 Å². The van der Waals surface area contributed by atoms with Crippen LogP contribution >= 0.6 is 11.6 Å². The van der Waals surface area contributed by atoms with E-state index in [2.05, 4.69) is 16.0 Å². The van der Waals surface area contributed by atoms with Crippen molar-refractivity contribution in [1.29, 1.82) is 0 Å². The van der Waals surface area contributed by atoms with Gasteiger partial charge in [0.1, 0.15) is 11.6 Å². The first-order chi connectivity index (χ1) is 14.1. The van der Waals surface area contributed by atoms with Crippen molar-refractivity contribution in [2.45, 2.75) is 45.7 Å². The number of rotatable bonds is 9. The molecule has 1 aromatic heterocycles. The van der Waals surface area contributed by atoms with Crippen molar-refractivity contribution in [2.24, 2.45) is 5.92 Å². The van der Waals surface area contributed by atoms with Crippen LogP contribution in [0.4, 0.5) is 0 Å². The van der Waals surface area contributed by atoms with E-state index in [1.807, 2.05) is 43.3 Å². The van der Waals surface area contributed by atoms with Crippen molar-refractivity contribution >= 4 is 28.5 Å². The molecule has 1 fully saturated rings. The van der Waals surface area contributed by atoms with Crippen molar-refractivity contribution in [3.63, 3.8) is 0 Å². The number of hydrogen-bond donors (Lipinski definition) is 1. The first-order valence-corrected chi connectivity index (χ1v) is 10.6. The molecule has 1 amide bonds. The van der Waals surface area contributed by atoms with Crippen LogP contribution in [-0.4, -0.2) is 22.1 Å². The van der Waals surface area contributed by atoms with Crippen molar-refractivity contribution in [3.8, 4) is 5.75 Å². The minimum absolute atomic E-state index is 0.148. The van der Waals surface area contributed by atoms with Gasteiger partial charge in [-0.25, -0.2) is 4.98 Å². The number of benzene rings is 2. The lowest BCUT2D eigenvalue weighted by molar-refractivity contribution is -0.122. The average Bonchev–Trinajstić information content (AvgIpc) is 3.51. The topological polar surface area (TPSA) is 56.1 Å². The van der Waals surface area contributed by atoms with E-state index in [4.69, 9.17) is 21.3 Å². The van der Waals surface area contributed by atoms with E-state index in [1.165, 1.54) is 0 Å². The SMILES string of the molecule is Cc1cc(OCCCCn2c(CNC(=O)C3CC3)nc3ccccc32)ccc1Cl. The number of ether oxygens (including phenoxy) is 1. The lowest BCUT2D eigenvalue weighted by atomic mass is 10.2. The Morgan fingerprint density at radius 1 is 1.24 bits per heavy atom. The maximum atomic E-state index is 12.0. The zero-order chi connectivity index (χ0) is 20.2. The average molecular weight is 412 g/mol. The fourth-order valence-electron chi connectivity index (χ4n) is 3.43. The molecule has 1 aliphatic rings. The molecule has 0 atom stereocenters. The molecule has 1 aliphatic carbocycles. The molecule has 5 nitrogen and oxygen atoms in total. The van der Waals surface area contributed by atoms with E-state index in [0.29, 0.717) is 13.2 Å². The number of aromatic nitrogens is 2. The molecule has 152 valence electrons. The molecule has 4 rings (SSSR count). The first-order valence-electron chi connectivity index (χ1n) is 10.2. The lowest BCUT2D eigenvalue weighted by Gasteiger charge is -2.11. The molecule has 0 unspecified atom stereocenters. The van der Waals surface area contributed by atoms with Crippen molar-refractivity contribution < 1.29 is 9.53 Å². The van der Waals surface area contributed by atoms with Crippen molar-refractivity contribution in [3.05, 3.63) is 58.9 Å². The van der Waals surface area contributed by atoms with Crippen LogP contribution in [0.3, 0.4) is 0 Å². The second-order valence-electron chi connectivity index (χ2n) is 7.63. The third-order valence-corrected chi connectivity index (χ3v) is 5.70. The zero-order valence-corrected chi connectivity index (χ0v) is 17.4. The Hall–Kier alpha value is -2.53. The molecule has 3 aromatic rings. The third-order valence-electron chi connectivity index (χ3n) is 5.28. The summed E-state index contributed by atoms with van der Waals surface area (Å²) in [5, 5.41) is 3.79. The summed E-state index contributed by atoms with van der Waals surface area (Å²) >= 11 is 6.06. The van der Waals surface area contributed by atoms with Gasteiger partial charge in [0, 0.05) is 17.5 Å². The Kier molecular flexibility index (Phi) is 6.05. The van der Waals surface area contributed by atoms with E-state index >= 15 is 0 Å². The molecule has 1 saturated carbocycles. The largest absolute Gasteiger partial charge is 0.494 e. The fraction of sp³-hybridized carbons (Fsp3) is 0.391. The summed E-state index contributed by atoms with van der Waals surface area (Å²) < 4.78 is 8.07. The number of aryl methyl sites for hydroxylation is 2. The predicted molar refractivity (Wildman–Crippen MR) is 115 cm³/mol. The standard InChI is InChI=1S/C23H26ClN3O2/c1-16-14-18(10-11-19(16)24)29-13-5-4-12-27-21-7-3-2-6-20(21)26-22(27)15-25-23(28)17-8-9-17/h2-3,6-7,10-11,14,17H,4-5,8-9,12-13,15H2,1H3,(H,25,28). The van der Waals surface area contributed by atoms with Crippen LogP contribution in [0.15, 0.2) is 42.5 Å². The van der Waals surface area contributed by atoms with Gasteiger partial charge in [-0.2, -0.15) is 0 Å². The van der Waals surface area contributed by atoms with E-state index in [-0.39, 0.29) is 11.8 Å². The molecule has 2 aromatic carbocycles. The van der Waals surface area contributed by atoms with E-state index in [0.717, 1.165) is 65.4 Å². The minimum atomic E-state index is 0.148. The number of nitrogens with one attached hydrogen (secondary N) is 1. The van der Waals surface area contributed by atoms with Crippen LogP contribution in [0.2, 0.25) is 5.02 Å². The number of nitrogens with zero attached hydrogens (tertiary/aromatic N) is 2. The Morgan fingerprint density at radius 3 is 2.86 bits per heavy atom. The summed E-state index contributed by atoms with van der Waals surface area (Å²) in [5.41, 5.74) is 3.10. The number of amides is 1. The highest BCUT2D eigenvalue weighted by Crippen LogP contribution is 2.29. The van der Waals surface area contributed by atoms with E-state index < -0.39 is 0 Å². The highest BCUT2D eigenvalue weighted by atomic mass is 35.5. The Morgan fingerprint density at radius 2 is 2.07 bits per heavy atom. The van der Waals surface area contributed by atoms with Crippen LogP contribution in [0, 0.1) is 12.8 Å². The van der Waals surface area contributed by atoms with Crippen molar-refractivity contribution in [2.75, 3.05) is 6.61 Å². The smallest absolute Gasteiger partial charge is 0.223 e. The van der Waals surface area contributed by atoms with Crippen LogP contribution in [0.5, 0.6) is 5.75 Å². The molecular weight excluding hydrogens is 386 g/mol. The van der Waals surface area contributed by atoms with Gasteiger partial charge in [0.05, 0.1) is 24.2 Å². The molecule has 0 radical (unpaired) electrons. The highest BCUT2D eigenvalue weighted by molar-refractivity contribution is 6.31. The molecule has 0 spiro atoms. The van der Waals surface area contributed by atoms with Crippen LogP contribution in [-0.2, 0) is 17.9 Å². The summed E-state index contributed by atoms with van der Waals surface area (Å²) in [5.74, 6) is 2.12. The third kappa shape index (κ3) is 4.91. The summed E-state index contributed by atoms with van der Waals surface area (Å²) in [4.78, 5) is 16.7. The van der Waals surface area contributed by atoms with Gasteiger partial charge in [-0.1, -0.05) is 23.7 Å². The van der Waals surface area contributed by atoms with Crippen LogP contribution < -0.4 is 10.1 Å². The number of para-hydroxylation sites is 2. The van der Waals surface area contributed by atoms with Gasteiger partial charge in [-0.15, -0.1) is 0 Å². The number of hydrogen-bond acceptors (Lipinski definition) is 3. The van der Waals surface area contributed by atoms with Gasteiger partial charge in [-0.05, 0) is 68.5 Å². The second kappa shape index (κ2) is 8.87. The molecular formula is C23H26ClN3O2. The van der Waals surface area contributed by atoms with E-state index in [9.17, 15) is 4.79 Å². The van der Waals surface area contributed by atoms with Crippen LogP contribution in [0.1, 0.15) is 37.1 Å². The van der Waals surface area contributed by atoms with Gasteiger partial charge in [0.2, 0.25) is 5.91 Å². The first kappa shape index (κ1) is 19.8. The monoisotopic (exact) mass is 411 g/mol. The quantitative estimate of drug-likeness (QED) is 0.510. The second-order valence-corrected chi connectivity index (χ2v) is 8.03. The maximum absolute atomic E-state index is 12.0. The normalized spacial score (nSPS) is 13.6. The number of unbranched alkanes of at least 4 members (excludes halogenated alkanes) is 1. The van der Waals surface area contributed by atoms with Gasteiger partial charge in [0.15, 0.2) is 0 Å². The summed E-state index contributed by atoms with van der Waals surface area (Å²) in [6.45, 7) is 3.95. The van der Waals surface area contributed by atoms with Gasteiger partial charge < -0.3 is 14.6 Å². The highest BCUT2D eigenvalue weighted by Gasteiger charge is 2.29. The molecule has 29 heavy (non-hydrogen) atoms. The molecule has 1 N–H and O–H groups in total. The Balaban J connectivity index is 1.34.